The molecule has 1 heterocycles. The van der Waals surface area contributed by atoms with Gasteiger partial charge in [0.25, 0.3) is 0 Å². The van der Waals surface area contributed by atoms with Crippen LogP contribution in [-0.2, 0) is 9.47 Å². The van der Waals surface area contributed by atoms with Crippen LogP contribution in [0.25, 0.3) is 11.1 Å². The molecule has 3 rings (SSSR count). The molecule has 0 saturated carbocycles. The first-order valence-electron chi connectivity index (χ1n) is 9.56. The maximum atomic E-state index is 5.97. The van der Waals surface area contributed by atoms with E-state index in [0.29, 0.717) is 25.4 Å². The number of hydrogen-bond donors (Lipinski definition) is 1. The molecule has 4 nitrogen and oxygen atoms in total. The molecule has 0 bridgehead atoms. The fourth-order valence-electron chi connectivity index (χ4n) is 3.57. The smallest absolute Gasteiger partial charge is 0.127 e. The van der Waals surface area contributed by atoms with Gasteiger partial charge in [0.1, 0.15) is 44.2 Å². The van der Waals surface area contributed by atoms with Crippen molar-refractivity contribution < 1.29 is 19.1 Å². The third kappa shape index (κ3) is 5.56. The first-order chi connectivity index (χ1) is 12.7. The topological polar surface area (TPSA) is 32.1 Å². The standard InChI is InChI=1S/C22H29NO3/c1-18-16-23(17-19(2)26-18)12-13-24-14-15-25-22-11-7-6-10-21(22)20-8-4-3-5-9-20/h3-11,18-19H,12-17H2,1-2H3/p+1/t18-,19-/m0/s1. The highest BCUT2D eigenvalue weighted by atomic mass is 16.5. The second kappa shape index (κ2) is 9.72. The van der Waals surface area contributed by atoms with Crippen molar-refractivity contribution in [1.82, 2.24) is 0 Å². The number of quaternary nitrogens is 1. The van der Waals surface area contributed by atoms with E-state index in [4.69, 9.17) is 14.2 Å². The third-order valence-corrected chi connectivity index (χ3v) is 4.67. The average Bonchev–Trinajstić information content (AvgIpc) is 2.65. The zero-order valence-electron chi connectivity index (χ0n) is 15.8. The van der Waals surface area contributed by atoms with Crippen LogP contribution in [0, 0.1) is 0 Å². The van der Waals surface area contributed by atoms with Gasteiger partial charge in [-0.1, -0.05) is 48.5 Å². The van der Waals surface area contributed by atoms with Gasteiger partial charge >= 0.3 is 0 Å². The van der Waals surface area contributed by atoms with E-state index < -0.39 is 0 Å². The van der Waals surface area contributed by atoms with Crippen LogP contribution in [0.2, 0.25) is 0 Å². The molecular weight excluding hydrogens is 326 g/mol. The van der Waals surface area contributed by atoms with Gasteiger partial charge < -0.3 is 19.1 Å². The van der Waals surface area contributed by atoms with Crippen molar-refractivity contribution in [2.75, 3.05) is 39.5 Å². The van der Waals surface area contributed by atoms with Gasteiger partial charge in [0.15, 0.2) is 0 Å². The Balaban J connectivity index is 1.39. The molecule has 0 amide bonds. The molecule has 2 atom stereocenters. The molecule has 0 radical (unpaired) electrons. The molecule has 0 aromatic heterocycles. The Bertz CT molecular complexity index is 651. The Morgan fingerprint density at radius 2 is 1.58 bits per heavy atom. The Kier molecular flexibility index (Phi) is 7.06. The van der Waals surface area contributed by atoms with Crippen LogP contribution < -0.4 is 9.64 Å². The highest BCUT2D eigenvalue weighted by molar-refractivity contribution is 5.70. The van der Waals surface area contributed by atoms with Crippen LogP contribution in [0.1, 0.15) is 13.8 Å². The van der Waals surface area contributed by atoms with E-state index in [1.54, 1.807) is 4.90 Å². The largest absolute Gasteiger partial charge is 0.491 e. The molecule has 140 valence electrons. The number of ether oxygens (including phenoxy) is 3. The number of hydrogen-bond acceptors (Lipinski definition) is 3. The zero-order valence-corrected chi connectivity index (χ0v) is 15.8. The van der Waals surface area contributed by atoms with Crippen molar-refractivity contribution in [2.45, 2.75) is 26.1 Å². The first-order valence-corrected chi connectivity index (χ1v) is 9.56. The summed E-state index contributed by atoms with van der Waals surface area (Å²) in [6, 6.07) is 18.5. The van der Waals surface area contributed by atoms with Crippen molar-refractivity contribution in [3.05, 3.63) is 54.6 Å². The number of para-hydroxylation sites is 1. The van der Waals surface area contributed by atoms with Crippen molar-refractivity contribution in [3.63, 3.8) is 0 Å². The Labute approximate surface area is 156 Å². The molecule has 1 saturated heterocycles. The summed E-state index contributed by atoms with van der Waals surface area (Å²) >= 11 is 0. The summed E-state index contributed by atoms with van der Waals surface area (Å²) < 4.78 is 17.5. The van der Waals surface area contributed by atoms with Gasteiger partial charge in [-0.3, -0.25) is 0 Å². The maximum Gasteiger partial charge on any atom is 0.127 e. The van der Waals surface area contributed by atoms with Gasteiger partial charge in [-0.15, -0.1) is 0 Å². The lowest BCUT2D eigenvalue weighted by atomic mass is 10.1. The molecule has 1 fully saturated rings. The molecule has 1 N–H and O–H groups in total. The number of benzene rings is 2. The minimum atomic E-state index is 0.339. The van der Waals surface area contributed by atoms with Crippen LogP contribution >= 0.6 is 0 Å². The van der Waals surface area contributed by atoms with Gasteiger partial charge in [-0.2, -0.15) is 0 Å². The second-order valence-electron chi connectivity index (χ2n) is 6.99. The summed E-state index contributed by atoms with van der Waals surface area (Å²) in [4.78, 5) is 1.56. The van der Waals surface area contributed by atoms with E-state index in [2.05, 4.69) is 32.0 Å². The monoisotopic (exact) mass is 356 g/mol. The zero-order chi connectivity index (χ0) is 18.2. The fraction of sp³-hybridized carbons (Fsp3) is 0.455. The molecule has 1 aliphatic rings. The Morgan fingerprint density at radius 1 is 0.885 bits per heavy atom. The highest BCUT2D eigenvalue weighted by Crippen LogP contribution is 2.29. The minimum Gasteiger partial charge on any atom is -0.491 e. The van der Waals surface area contributed by atoms with Crippen LogP contribution in [0.5, 0.6) is 5.75 Å². The summed E-state index contributed by atoms with van der Waals surface area (Å²) in [6.45, 7) is 9.39. The molecule has 1 aliphatic heterocycles. The summed E-state index contributed by atoms with van der Waals surface area (Å²) in [6.07, 6.45) is 0.679. The van der Waals surface area contributed by atoms with E-state index in [1.165, 1.54) is 5.56 Å². The summed E-state index contributed by atoms with van der Waals surface area (Å²) in [5, 5.41) is 0. The third-order valence-electron chi connectivity index (χ3n) is 4.67. The van der Waals surface area contributed by atoms with E-state index in [9.17, 15) is 0 Å². The second-order valence-corrected chi connectivity index (χ2v) is 6.99. The number of rotatable bonds is 8. The molecular formula is C22H30NO3+. The van der Waals surface area contributed by atoms with Crippen LogP contribution in [-0.4, -0.2) is 51.7 Å². The molecule has 2 aromatic carbocycles. The normalized spacial score (nSPS) is 22.9. The fourth-order valence-corrected chi connectivity index (χ4v) is 3.57. The van der Waals surface area contributed by atoms with Crippen molar-refractivity contribution in [1.29, 1.82) is 0 Å². The van der Waals surface area contributed by atoms with E-state index in [0.717, 1.165) is 37.6 Å². The lowest BCUT2D eigenvalue weighted by Gasteiger charge is -2.32. The van der Waals surface area contributed by atoms with Crippen molar-refractivity contribution in [2.24, 2.45) is 0 Å². The van der Waals surface area contributed by atoms with Gasteiger partial charge in [-0.25, -0.2) is 0 Å². The van der Waals surface area contributed by atoms with Crippen molar-refractivity contribution in [3.8, 4) is 16.9 Å². The van der Waals surface area contributed by atoms with Crippen LogP contribution in [0.15, 0.2) is 54.6 Å². The SMILES string of the molecule is C[C@H]1C[NH+](CCOCCOc2ccccc2-c2ccccc2)C[C@H](C)O1. The van der Waals surface area contributed by atoms with Crippen LogP contribution in [0.4, 0.5) is 0 Å². The molecule has 0 aliphatic carbocycles. The van der Waals surface area contributed by atoms with Gasteiger partial charge in [-0.05, 0) is 25.5 Å². The molecule has 4 heteroatoms. The lowest BCUT2D eigenvalue weighted by Crippen LogP contribution is -3.15. The molecule has 0 spiro atoms. The van der Waals surface area contributed by atoms with Gasteiger partial charge in [0, 0.05) is 5.56 Å². The molecule has 26 heavy (non-hydrogen) atoms. The van der Waals surface area contributed by atoms with Crippen LogP contribution in [0.3, 0.4) is 0 Å². The number of morpholine rings is 1. The van der Waals surface area contributed by atoms with Crippen molar-refractivity contribution >= 4 is 0 Å². The average molecular weight is 356 g/mol. The van der Waals surface area contributed by atoms with Gasteiger partial charge in [0.2, 0.25) is 0 Å². The van der Waals surface area contributed by atoms with E-state index in [-0.39, 0.29) is 0 Å². The lowest BCUT2D eigenvalue weighted by molar-refractivity contribution is -0.915. The Hall–Kier alpha value is -1.88. The van der Waals surface area contributed by atoms with E-state index in [1.807, 2.05) is 36.4 Å². The quantitative estimate of drug-likeness (QED) is 0.738. The van der Waals surface area contributed by atoms with Gasteiger partial charge in [0.05, 0.1) is 13.2 Å². The predicted molar refractivity (Wildman–Crippen MR) is 104 cm³/mol. The number of nitrogens with one attached hydrogen (secondary N) is 1. The summed E-state index contributed by atoms with van der Waals surface area (Å²) in [5.74, 6) is 0.906. The van der Waals surface area contributed by atoms with E-state index >= 15 is 0 Å². The minimum absolute atomic E-state index is 0.339. The predicted octanol–water partition coefficient (Wildman–Crippen LogP) is 2.44. The summed E-state index contributed by atoms with van der Waals surface area (Å²) in [7, 11) is 0. The Morgan fingerprint density at radius 3 is 2.35 bits per heavy atom. The summed E-state index contributed by atoms with van der Waals surface area (Å²) in [5.41, 5.74) is 2.29. The molecule has 0 unspecified atom stereocenters. The molecule has 2 aromatic rings. The highest BCUT2D eigenvalue weighted by Gasteiger charge is 2.24. The maximum absolute atomic E-state index is 5.97. The first kappa shape index (κ1) is 18.9.